The Morgan fingerprint density at radius 1 is 1.15 bits per heavy atom. The number of aromatic amines is 1. The highest BCUT2D eigenvalue weighted by Crippen LogP contribution is 2.26. The fraction of sp³-hybridized carbons (Fsp3) is 0.150. The van der Waals surface area contributed by atoms with Crippen LogP contribution in [0.2, 0.25) is 0 Å². The first-order valence-corrected chi connectivity index (χ1v) is 10.6. The van der Waals surface area contributed by atoms with Crippen LogP contribution in [-0.2, 0) is 10.0 Å². The van der Waals surface area contributed by atoms with Gasteiger partial charge in [-0.3, -0.25) is 9.59 Å². The van der Waals surface area contributed by atoms with Crippen molar-refractivity contribution in [1.29, 1.82) is 0 Å². The Balaban J connectivity index is 1.81. The van der Waals surface area contributed by atoms with Crippen LogP contribution in [0.3, 0.4) is 0 Å². The molecular formula is C20H17F3N4O5S. The number of aromatic nitrogens is 2. The number of hydrazone groups is 1. The van der Waals surface area contributed by atoms with E-state index in [1.165, 1.54) is 44.5 Å². The van der Waals surface area contributed by atoms with E-state index < -0.39 is 28.0 Å². The van der Waals surface area contributed by atoms with Crippen molar-refractivity contribution < 1.29 is 31.1 Å². The summed E-state index contributed by atoms with van der Waals surface area (Å²) in [6.45, 7) is 3.04. The number of nitrogens with one attached hydrogen (secondary N) is 2. The van der Waals surface area contributed by atoms with Crippen molar-refractivity contribution in [1.82, 2.24) is 14.4 Å². The van der Waals surface area contributed by atoms with Gasteiger partial charge in [-0.2, -0.15) is 5.10 Å². The van der Waals surface area contributed by atoms with Crippen molar-refractivity contribution in [3.63, 3.8) is 0 Å². The van der Waals surface area contributed by atoms with Crippen LogP contribution in [0.25, 0.3) is 0 Å². The van der Waals surface area contributed by atoms with E-state index in [2.05, 4.69) is 20.2 Å². The van der Waals surface area contributed by atoms with E-state index in [0.717, 1.165) is 28.2 Å². The van der Waals surface area contributed by atoms with Crippen LogP contribution < -0.4 is 15.7 Å². The molecule has 0 bridgehead atoms. The van der Waals surface area contributed by atoms with Gasteiger partial charge in [-0.05, 0) is 50.2 Å². The highest BCUT2D eigenvalue weighted by molar-refractivity contribution is 7.90. The molecule has 0 aliphatic rings. The summed E-state index contributed by atoms with van der Waals surface area (Å²) in [7, 11) is -4.13. The number of alkyl halides is 3. The predicted molar refractivity (Wildman–Crippen MR) is 112 cm³/mol. The molecule has 0 radical (unpaired) electrons. The molecule has 0 saturated heterocycles. The number of halogens is 3. The van der Waals surface area contributed by atoms with Gasteiger partial charge in [0.1, 0.15) is 5.75 Å². The summed E-state index contributed by atoms with van der Waals surface area (Å²) in [5.74, 6) is -1.14. The first-order valence-electron chi connectivity index (χ1n) is 9.21. The summed E-state index contributed by atoms with van der Waals surface area (Å²) in [6.07, 6.45) is -2.43. The molecule has 0 aliphatic heterocycles. The molecule has 0 atom stereocenters. The van der Waals surface area contributed by atoms with E-state index in [1.807, 2.05) is 0 Å². The number of hydrogen-bond acceptors (Lipinski definition) is 6. The van der Waals surface area contributed by atoms with Crippen molar-refractivity contribution in [2.45, 2.75) is 25.1 Å². The van der Waals surface area contributed by atoms with Gasteiger partial charge >= 0.3 is 6.36 Å². The minimum Gasteiger partial charge on any atom is -0.406 e. The molecule has 2 aromatic heterocycles. The monoisotopic (exact) mass is 482 g/mol. The molecule has 1 amide bonds. The zero-order chi connectivity index (χ0) is 24.4. The van der Waals surface area contributed by atoms with Gasteiger partial charge in [0.15, 0.2) is 0 Å². The molecule has 2 heterocycles. The maximum Gasteiger partial charge on any atom is 0.573 e. The van der Waals surface area contributed by atoms with Gasteiger partial charge in [0.05, 0.1) is 16.7 Å². The van der Waals surface area contributed by atoms with Gasteiger partial charge < -0.3 is 9.72 Å². The van der Waals surface area contributed by atoms with E-state index in [1.54, 1.807) is 0 Å². The first kappa shape index (κ1) is 23.8. The van der Waals surface area contributed by atoms with Crippen LogP contribution in [0.4, 0.5) is 13.2 Å². The van der Waals surface area contributed by atoms with Gasteiger partial charge in [-0.1, -0.05) is 0 Å². The Morgan fingerprint density at radius 3 is 2.39 bits per heavy atom. The lowest BCUT2D eigenvalue weighted by molar-refractivity contribution is -0.274. The largest absolute Gasteiger partial charge is 0.573 e. The Bertz CT molecular complexity index is 1350. The smallest absolute Gasteiger partial charge is 0.406 e. The minimum absolute atomic E-state index is 0.165. The second kappa shape index (κ2) is 8.94. The topological polar surface area (TPSA) is 123 Å². The average molecular weight is 482 g/mol. The highest BCUT2D eigenvalue weighted by Gasteiger charge is 2.31. The molecule has 0 spiro atoms. The molecule has 3 aromatic rings. The molecular weight excluding hydrogens is 465 g/mol. The lowest BCUT2D eigenvalue weighted by Gasteiger charge is -2.12. The average Bonchev–Trinajstić information content (AvgIpc) is 3.01. The maximum absolute atomic E-state index is 13.0. The Hall–Kier alpha value is -3.87. The summed E-state index contributed by atoms with van der Waals surface area (Å²) < 4.78 is 67.8. The van der Waals surface area contributed by atoms with Crippen LogP contribution in [0, 0.1) is 13.8 Å². The van der Waals surface area contributed by atoms with Crippen molar-refractivity contribution >= 4 is 22.1 Å². The second-order valence-electron chi connectivity index (χ2n) is 6.76. The Labute approximate surface area is 185 Å². The van der Waals surface area contributed by atoms with E-state index in [0.29, 0.717) is 11.3 Å². The summed E-state index contributed by atoms with van der Waals surface area (Å²) in [4.78, 5) is 25.2. The molecule has 3 rings (SSSR count). The number of carbonyl (C=O) groups is 1. The van der Waals surface area contributed by atoms with Gasteiger partial charge in [0, 0.05) is 29.2 Å². The highest BCUT2D eigenvalue weighted by atomic mass is 32.2. The number of nitrogens with zero attached hydrogens (tertiary/aromatic N) is 2. The number of H-pyrrole nitrogens is 1. The third-order valence-electron chi connectivity index (χ3n) is 4.42. The second-order valence-corrected chi connectivity index (χ2v) is 8.54. The molecule has 0 aliphatic carbocycles. The van der Waals surface area contributed by atoms with Crippen LogP contribution in [-0.4, -0.2) is 35.9 Å². The molecule has 0 unspecified atom stereocenters. The summed E-state index contributed by atoms with van der Waals surface area (Å²) in [5, 5.41) is 3.81. The first-order chi connectivity index (χ1) is 15.4. The SMILES string of the molecule is Cc1cc(C=NNC(=O)c2ccc(=O)[nH]c2)c(C)n1S(=O)(=O)c1ccc(OC(F)(F)F)cc1. The molecule has 1 aromatic carbocycles. The Morgan fingerprint density at radius 2 is 1.82 bits per heavy atom. The zero-order valence-corrected chi connectivity index (χ0v) is 18.0. The van der Waals surface area contributed by atoms with Gasteiger partial charge in [0.25, 0.3) is 15.9 Å². The number of amides is 1. The molecule has 13 heteroatoms. The van der Waals surface area contributed by atoms with E-state index in [4.69, 9.17) is 0 Å². The van der Waals surface area contributed by atoms with E-state index in [-0.39, 0.29) is 21.7 Å². The molecule has 174 valence electrons. The van der Waals surface area contributed by atoms with Crippen LogP contribution in [0.1, 0.15) is 27.3 Å². The van der Waals surface area contributed by atoms with Gasteiger partial charge in [-0.25, -0.2) is 17.8 Å². The van der Waals surface area contributed by atoms with Gasteiger partial charge in [0.2, 0.25) is 5.56 Å². The fourth-order valence-electron chi connectivity index (χ4n) is 2.97. The summed E-state index contributed by atoms with van der Waals surface area (Å²) in [5.41, 5.74) is 3.03. The number of pyridine rings is 1. The van der Waals surface area contributed by atoms with E-state index >= 15 is 0 Å². The number of aryl methyl sites for hydroxylation is 1. The lowest BCUT2D eigenvalue weighted by Crippen LogP contribution is -2.19. The summed E-state index contributed by atoms with van der Waals surface area (Å²) in [6, 6.07) is 7.84. The van der Waals surface area contributed by atoms with Crippen LogP contribution in [0.15, 0.2) is 63.5 Å². The number of benzene rings is 1. The maximum atomic E-state index is 13.0. The molecule has 9 nitrogen and oxygen atoms in total. The lowest BCUT2D eigenvalue weighted by atomic mass is 10.3. The third kappa shape index (κ3) is 5.49. The molecule has 0 saturated carbocycles. The van der Waals surface area contributed by atoms with Crippen molar-refractivity contribution in [2.75, 3.05) is 0 Å². The zero-order valence-electron chi connectivity index (χ0n) is 17.2. The third-order valence-corrected chi connectivity index (χ3v) is 6.33. The number of carbonyl (C=O) groups excluding carboxylic acids is 1. The molecule has 2 N–H and O–H groups in total. The predicted octanol–water partition coefficient (Wildman–Crippen LogP) is 2.69. The van der Waals surface area contributed by atoms with Crippen molar-refractivity contribution in [2.24, 2.45) is 5.10 Å². The number of ether oxygens (including phenoxy) is 1. The summed E-state index contributed by atoms with van der Waals surface area (Å²) >= 11 is 0. The number of hydrogen-bond donors (Lipinski definition) is 2. The molecule has 33 heavy (non-hydrogen) atoms. The van der Waals surface area contributed by atoms with Crippen molar-refractivity contribution in [3.8, 4) is 5.75 Å². The quantitative estimate of drug-likeness (QED) is 0.413. The van der Waals surface area contributed by atoms with E-state index in [9.17, 15) is 31.2 Å². The normalized spacial score (nSPS) is 12.2. The standard InChI is InChI=1S/C20H17F3N4O5S/c1-12-9-15(11-25-26-19(29)14-3-8-18(28)24-10-14)13(2)27(12)33(30,31)17-6-4-16(5-7-17)32-20(21,22)23/h3-11H,1-2H3,(H,24,28)(H,26,29). The van der Waals surface area contributed by atoms with Crippen LogP contribution in [0.5, 0.6) is 5.75 Å². The molecule has 0 fully saturated rings. The fourth-order valence-corrected chi connectivity index (χ4v) is 4.55. The number of rotatable bonds is 6. The Kier molecular flexibility index (Phi) is 6.44. The van der Waals surface area contributed by atoms with Crippen molar-refractivity contribution in [3.05, 3.63) is 81.5 Å². The van der Waals surface area contributed by atoms with Crippen LogP contribution >= 0.6 is 0 Å². The van der Waals surface area contributed by atoms with Gasteiger partial charge in [-0.15, -0.1) is 13.2 Å². The minimum atomic E-state index is -4.89.